The number of anilines is 2. The SMILES string of the molecule is Cl.Nc1ncnc2ccc(-c3cccc(CNC4CCC4)c3)nc12.Nc1ncnc2ccc(-c3cccc(CNCC4CC4)c3)nc12. The van der Waals surface area contributed by atoms with Gasteiger partial charge in [-0.2, -0.15) is 0 Å². The molecule has 2 aliphatic rings. The first-order valence-corrected chi connectivity index (χ1v) is 16.0. The Morgan fingerprint density at radius 1 is 0.638 bits per heavy atom. The van der Waals surface area contributed by atoms with E-state index in [9.17, 15) is 0 Å². The molecule has 6 N–H and O–H groups in total. The average Bonchev–Trinajstić information content (AvgIpc) is 3.89. The highest BCUT2D eigenvalue weighted by atomic mass is 35.5. The van der Waals surface area contributed by atoms with E-state index in [0.717, 1.165) is 59.1 Å². The van der Waals surface area contributed by atoms with Crippen LogP contribution in [0.5, 0.6) is 0 Å². The Morgan fingerprint density at radius 3 is 1.70 bits per heavy atom. The molecule has 6 aromatic rings. The fraction of sp³-hybridized carbons (Fsp3) is 0.278. The molecule has 2 aliphatic carbocycles. The molecule has 4 heterocycles. The lowest BCUT2D eigenvalue weighted by atomic mass is 9.93. The number of hydrogen-bond donors (Lipinski definition) is 4. The van der Waals surface area contributed by atoms with Gasteiger partial charge in [-0.1, -0.05) is 42.8 Å². The summed E-state index contributed by atoms with van der Waals surface area (Å²) in [6.07, 6.45) is 9.62. The molecule has 0 atom stereocenters. The molecule has 0 radical (unpaired) electrons. The van der Waals surface area contributed by atoms with Crippen LogP contribution in [0.15, 0.2) is 85.5 Å². The van der Waals surface area contributed by atoms with E-state index in [4.69, 9.17) is 11.5 Å². The smallest absolute Gasteiger partial charge is 0.153 e. The van der Waals surface area contributed by atoms with Crippen molar-refractivity contribution in [3.63, 3.8) is 0 Å². The molecule has 0 saturated heterocycles. The topological polar surface area (TPSA) is 153 Å². The van der Waals surface area contributed by atoms with Crippen molar-refractivity contribution in [2.24, 2.45) is 5.92 Å². The first-order chi connectivity index (χ1) is 22.6. The zero-order valence-corrected chi connectivity index (χ0v) is 27.0. The maximum Gasteiger partial charge on any atom is 0.153 e. The zero-order valence-electron chi connectivity index (χ0n) is 26.1. The minimum absolute atomic E-state index is 0. The molecule has 0 aliphatic heterocycles. The average molecular weight is 647 g/mol. The van der Waals surface area contributed by atoms with Crippen LogP contribution in [0.25, 0.3) is 44.6 Å². The molecule has 0 amide bonds. The van der Waals surface area contributed by atoms with Gasteiger partial charge in [0.25, 0.3) is 0 Å². The van der Waals surface area contributed by atoms with Gasteiger partial charge in [0.15, 0.2) is 11.6 Å². The minimum atomic E-state index is 0. The van der Waals surface area contributed by atoms with E-state index in [1.165, 1.54) is 55.9 Å². The number of halogens is 1. The molecule has 0 unspecified atom stereocenters. The van der Waals surface area contributed by atoms with Gasteiger partial charge in [-0.05, 0) is 85.7 Å². The number of nitrogens with two attached hydrogens (primary N) is 2. The first-order valence-electron chi connectivity index (χ1n) is 16.0. The van der Waals surface area contributed by atoms with Crippen LogP contribution in [0.4, 0.5) is 11.6 Å². The summed E-state index contributed by atoms with van der Waals surface area (Å²) in [6, 6.07) is 25.4. The van der Waals surface area contributed by atoms with Crippen LogP contribution in [0.2, 0.25) is 0 Å². The molecule has 11 heteroatoms. The second kappa shape index (κ2) is 14.8. The Hall–Kier alpha value is -4.77. The summed E-state index contributed by atoms with van der Waals surface area (Å²) in [5.41, 5.74) is 21.2. The van der Waals surface area contributed by atoms with Crippen molar-refractivity contribution in [3.05, 3.63) is 96.6 Å². The number of nitrogens with zero attached hydrogens (tertiary/aromatic N) is 6. The van der Waals surface area contributed by atoms with Crippen LogP contribution in [0.3, 0.4) is 0 Å². The maximum atomic E-state index is 5.91. The summed E-state index contributed by atoms with van der Waals surface area (Å²) in [7, 11) is 0. The van der Waals surface area contributed by atoms with E-state index in [1.54, 1.807) is 0 Å². The monoisotopic (exact) mass is 646 g/mol. The molecule has 240 valence electrons. The predicted molar refractivity (Wildman–Crippen MR) is 191 cm³/mol. The fourth-order valence-electron chi connectivity index (χ4n) is 5.54. The summed E-state index contributed by atoms with van der Waals surface area (Å²) in [6.45, 7) is 2.91. The van der Waals surface area contributed by atoms with Crippen molar-refractivity contribution in [2.45, 2.75) is 51.2 Å². The van der Waals surface area contributed by atoms with Crippen molar-refractivity contribution in [1.82, 2.24) is 40.5 Å². The fourth-order valence-corrected chi connectivity index (χ4v) is 5.54. The quantitative estimate of drug-likeness (QED) is 0.145. The standard InChI is InChI=1S/2C18H19N5.ClH/c19-18-17-16(21-11-22-18)8-7-15(23-17)13-4-1-3-12(9-13)10-20-14-5-2-6-14;19-18-17-16(21-11-22-18)7-6-15(23-17)14-3-1-2-13(8-14)10-20-9-12-4-5-12;/h1,3-4,7-9,11,14,20H,2,5-6,10H2,(H2,19,21,22);1-3,6-8,11-12,20H,4-5,9-10H2,(H2,19,21,22);1H. The van der Waals surface area contributed by atoms with E-state index in [-0.39, 0.29) is 12.4 Å². The van der Waals surface area contributed by atoms with E-state index in [0.29, 0.717) is 28.7 Å². The van der Waals surface area contributed by atoms with Crippen LogP contribution >= 0.6 is 12.4 Å². The van der Waals surface area contributed by atoms with Gasteiger partial charge in [0.1, 0.15) is 23.7 Å². The predicted octanol–water partition coefficient (Wildman–Crippen LogP) is 6.11. The Labute approximate surface area is 280 Å². The number of pyridine rings is 2. The molecule has 10 nitrogen and oxygen atoms in total. The van der Waals surface area contributed by atoms with Gasteiger partial charge in [0, 0.05) is 30.3 Å². The lowest BCUT2D eigenvalue weighted by molar-refractivity contribution is 0.338. The number of nitrogen functional groups attached to an aromatic ring is 2. The second-order valence-electron chi connectivity index (χ2n) is 12.1. The van der Waals surface area contributed by atoms with Crippen molar-refractivity contribution in [2.75, 3.05) is 18.0 Å². The molecular weight excluding hydrogens is 608 g/mol. The molecule has 8 rings (SSSR count). The number of rotatable bonds is 9. The van der Waals surface area contributed by atoms with Gasteiger partial charge in [0.2, 0.25) is 0 Å². The van der Waals surface area contributed by atoms with Gasteiger partial charge in [0.05, 0.1) is 22.4 Å². The van der Waals surface area contributed by atoms with Crippen LogP contribution in [0, 0.1) is 5.92 Å². The highest BCUT2D eigenvalue weighted by molar-refractivity contribution is 5.86. The molecule has 2 fully saturated rings. The molecule has 47 heavy (non-hydrogen) atoms. The molecule has 2 saturated carbocycles. The van der Waals surface area contributed by atoms with E-state index < -0.39 is 0 Å². The van der Waals surface area contributed by atoms with E-state index >= 15 is 0 Å². The minimum Gasteiger partial charge on any atom is -0.382 e. The molecule has 0 spiro atoms. The number of benzene rings is 2. The molecule has 0 bridgehead atoms. The van der Waals surface area contributed by atoms with Crippen molar-refractivity contribution in [1.29, 1.82) is 0 Å². The Kier molecular flexibility index (Phi) is 10.1. The van der Waals surface area contributed by atoms with Gasteiger partial charge in [-0.15, -0.1) is 12.4 Å². The van der Waals surface area contributed by atoms with E-state index in [2.05, 4.69) is 89.1 Å². The van der Waals surface area contributed by atoms with Crippen LogP contribution < -0.4 is 22.1 Å². The summed E-state index contributed by atoms with van der Waals surface area (Å²) in [4.78, 5) is 25.7. The number of aromatic nitrogens is 6. The summed E-state index contributed by atoms with van der Waals surface area (Å²) >= 11 is 0. The van der Waals surface area contributed by atoms with Gasteiger partial charge in [-0.3, -0.25) is 0 Å². The maximum absolute atomic E-state index is 5.91. The first kappa shape index (κ1) is 32.2. The van der Waals surface area contributed by atoms with Crippen LogP contribution in [-0.4, -0.2) is 42.5 Å². The highest BCUT2D eigenvalue weighted by Crippen LogP contribution is 2.28. The van der Waals surface area contributed by atoms with Crippen molar-refractivity contribution >= 4 is 46.1 Å². The third-order valence-electron chi connectivity index (χ3n) is 8.63. The number of hydrogen-bond acceptors (Lipinski definition) is 10. The third-order valence-corrected chi connectivity index (χ3v) is 8.63. The van der Waals surface area contributed by atoms with Gasteiger partial charge >= 0.3 is 0 Å². The summed E-state index contributed by atoms with van der Waals surface area (Å²) in [5, 5.41) is 7.11. The van der Waals surface area contributed by atoms with Crippen molar-refractivity contribution in [3.8, 4) is 22.5 Å². The Balaban J connectivity index is 0.000000161. The van der Waals surface area contributed by atoms with Gasteiger partial charge < -0.3 is 22.1 Å². The summed E-state index contributed by atoms with van der Waals surface area (Å²) in [5.74, 6) is 1.72. The lowest BCUT2D eigenvalue weighted by Crippen LogP contribution is -2.34. The Morgan fingerprint density at radius 2 is 1.19 bits per heavy atom. The van der Waals surface area contributed by atoms with Crippen LogP contribution in [-0.2, 0) is 13.1 Å². The molecule has 2 aromatic carbocycles. The van der Waals surface area contributed by atoms with Gasteiger partial charge in [-0.25, -0.2) is 29.9 Å². The van der Waals surface area contributed by atoms with Crippen molar-refractivity contribution < 1.29 is 0 Å². The van der Waals surface area contributed by atoms with E-state index in [1.807, 2.05) is 24.3 Å². The Bertz CT molecular complexity index is 1980. The second-order valence-corrected chi connectivity index (χ2v) is 12.1. The summed E-state index contributed by atoms with van der Waals surface area (Å²) < 4.78 is 0. The normalized spacial score (nSPS) is 14.2. The lowest BCUT2D eigenvalue weighted by Gasteiger charge is -2.26. The number of nitrogens with one attached hydrogen (secondary N) is 2. The third kappa shape index (κ3) is 7.97. The van der Waals surface area contributed by atoms with Crippen LogP contribution in [0.1, 0.15) is 43.2 Å². The molecule has 4 aromatic heterocycles. The molecular formula is C36H39ClN10. The number of fused-ring (bicyclic) bond motifs is 2. The zero-order chi connectivity index (χ0) is 31.3. The largest absolute Gasteiger partial charge is 0.382 e. The highest BCUT2D eigenvalue weighted by Gasteiger charge is 2.20.